The van der Waals surface area contributed by atoms with Crippen LogP contribution >= 0.6 is 0 Å². The van der Waals surface area contributed by atoms with Crippen LogP contribution in [0.5, 0.6) is 0 Å². The third-order valence-electron chi connectivity index (χ3n) is 5.44. The van der Waals surface area contributed by atoms with E-state index in [9.17, 15) is 9.90 Å². The molecule has 4 rings (SSSR count). The molecule has 5 heteroatoms. The van der Waals surface area contributed by atoms with E-state index in [2.05, 4.69) is 21.7 Å². The van der Waals surface area contributed by atoms with Crippen molar-refractivity contribution < 1.29 is 9.90 Å². The zero-order valence-corrected chi connectivity index (χ0v) is 11.8. The molecule has 19 heavy (non-hydrogen) atoms. The average molecular weight is 267 g/mol. The summed E-state index contributed by atoms with van der Waals surface area (Å²) in [5.74, 6) is -0.0512. The number of aliphatic carboxylic acids is 1. The standard InChI is InChI=1S/C14H25N3O2/c1-15-6-8-17(9-7-15)14(10-13(18)19)11-16-4-2-12(14)3-5-16/h12H,2-11H2,1H3,(H,18,19). The number of carboxylic acids is 1. The zero-order chi connectivity index (χ0) is 13.5. The Morgan fingerprint density at radius 2 is 1.79 bits per heavy atom. The first-order chi connectivity index (χ1) is 9.10. The van der Waals surface area contributed by atoms with E-state index in [1.165, 1.54) is 25.9 Å². The second-order valence-electron chi connectivity index (χ2n) is 6.51. The highest BCUT2D eigenvalue weighted by Crippen LogP contribution is 2.42. The van der Waals surface area contributed by atoms with Crippen LogP contribution in [0.1, 0.15) is 19.3 Å². The van der Waals surface area contributed by atoms with Crippen LogP contribution in [0.2, 0.25) is 0 Å². The fourth-order valence-corrected chi connectivity index (χ4v) is 4.33. The third kappa shape index (κ3) is 2.39. The van der Waals surface area contributed by atoms with Gasteiger partial charge in [0, 0.05) is 38.3 Å². The van der Waals surface area contributed by atoms with Crippen LogP contribution in [-0.2, 0) is 4.79 Å². The Morgan fingerprint density at radius 1 is 1.16 bits per heavy atom. The summed E-state index contributed by atoms with van der Waals surface area (Å²) >= 11 is 0. The van der Waals surface area contributed by atoms with Crippen molar-refractivity contribution in [1.29, 1.82) is 0 Å². The lowest BCUT2D eigenvalue weighted by atomic mass is 9.69. The number of likely N-dealkylation sites (N-methyl/N-ethyl adjacent to an activating group) is 1. The Hall–Kier alpha value is -0.650. The van der Waals surface area contributed by atoms with Gasteiger partial charge in [-0.15, -0.1) is 0 Å². The Bertz CT molecular complexity index is 347. The van der Waals surface area contributed by atoms with Crippen LogP contribution < -0.4 is 0 Å². The molecule has 108 valence electrons. The van der Waals surface area contributed by atoms with Crippen LogP contribution in [0.4, 0.5) is 0 Å². The maximum Gasteiger partial charge on any atom is 0.305 e. The molecule has 0 radical (unpaired) electrons. The van der Waals surface area contributed by atoms with Gasteiger partial charge in [0.15, 0.2) is 0 Å². The van der Waals surface area contributed by atoms with Gasteiger partial charge in [0.2, 0.25) is 0 Å². The molecular weight excluding hydrogens is 242 g/mol. The lowest BCUT2D eigenvalue weighted by molar-refractivity contribution is -0.149. The van der Waals surface area contributed by atoms with Crippen molar-refractivity contribution in [2.24, 2.45) is 5.92 Å². The molecule has 1 unspecified atom stereocenters. The van der Waals surface area contributed by atoms with Crippen molar-refractivity contribution in [1.82, 2.24) is 14.7 Å². The molecule has 0 aromatic rings. The van der Waals surface area contributed by atoms with Crippen molar-refractivity contribution in [3.05, 3.63) is 0 Å². The van der Waals surface area contributed by atoms with Gasteiger partial charge in [-0.25, -0.2) is 0 Å². The minimum atomic E-state index is -0.632. The van der Waals surface area contributed by atoms with E-state index in [1.54, 1.807) is 0 Å². The van der Waals surface area contributed by atoms with Crippen molar-refractivity contribution in [2.45, 2.75) is 24.8 Å². The van der Waals surface area contributed by atoms with Gasteiger partial charge in [-0.2, -0.15) is 0 Å². The van der Waals surface area contributed by atoms with Crippen molar-refractivity contribution in [2.75, 3.05) is 52.9 Å². The Labute approximate surface area is 115 Å². The van der Waals surface area contributed by atoms with Crippen LogP contribution in [0.15, 0.2) is 0 Å². The van der Waals surface area contributed by atoms with E-state index >= 15 is 0 Å². The quantitative estimate of drug-likeness (QED) is 0.790. The zero-order valence-electron chi connectivity index (χ0n) is 11.8. The highest BCUT2D eigenvalue weighted by molar-refractivity contribution is 5.68. The summed E-state index contributed by atoms with van der Waals surface area (Å²) in [4.78, 5) is 18.7. The molecule has 1 N–H and O–H groups in total. The Balaban J connectivity index is 1.82. The Morgan fingerprint density at radius 3 is 2.26 bits per heavy atom. The third-order valence-corrected chi connectivity index (χ3v) is 5.44. The number of carboxylic acid groups (broad SMARTS) is 1. The summed E-state index contributed by atoms with van der Waals surface area (Å²) in [5.41, 5.74) is -0.0937. The first kappa shape index (κ1) is 13.3. The summed E-state index contributed by atoms with van der Waals surface area (Å²) in [5, 5.41) is 9.39. The first-order valence-electron chi connectivity index (χ1n) is 7.48. The molecule has 1 atom stereocenters. The van der Waals surface area contributed by atoms with E-state index in [1.807, 2.05) is 0 Å². The topological polar surface area (TPSA) is 47.0 Å². The highest BCUT2D eigenvalue weighted by Gasteiger charge is 2.51. The molecular formula is C14H25N3O2. The monoisotopic (exact) mass is 267 g/mol. The fourth-order valence-electron chi connectivity index (χ4n) is 4.33. The van der Waals surface area contributed by atoms with Crippen LogP contribution in [0, 0.1) is 5.92 Å². The molecule has 0 saturated carbocycles. The predicted molar refractivity (Wildman–Crippen MR) is 73.2 cm³/mol. The maximum atomic E-state index is 11.4. The van der Waals surface area contributed by atoms with Crippen LogP contribution in [0.25, 0.3) is 0 Å². The lowest BCUT2D eigenvalue weighted by Crippen LogP contribution is -2.69. The molecule has 4 saturated heterocycles. The highest BCUT2D eigenvalue weighted by atomic mass is 16.4. The largest absolute Gasteiger partial charge is 0.481 e. The van der Waals surface area contributed by atoms with Gasteiger partial charge >= 0.3 is 5.97 Å². The van der Waals surface area contributed by atoms with Crippen molar-refractivity contribution in [3.8, 4) is 0 Å². The van der Waals surface area contributed by atoms with E-state index in [0.717, 1.165) is 32.7 Å². The normalized spacial score (nSPS) is 40.5. The van der Waals surface area contributed by atoms with Gasteiger partial charge in [0.05, 0.1) is 6.42 Å². The minimum Gasteiger partial charge on any atom is -0.481 e. The van der Waals surface area contributed by atoms with Crippen molar-refractivity contribution >= 4 is 5.97 Å². The smallest absolute Gasteiger partial charge is 0.305 e. The fraction of sp³-hybridized carbons (Fsp3) is 0.929. The van der Waals surface area contributed by atoms with E-state index in [0.29, 0.717) is 12.3 Å². The number of fused-ring (bicyclic) bond motifs is 3. The number of hydrogen-bond donors (Lipinski definition) is 1. The molecule has 5 nitrogen and oxygen atoms in total. The van der Waals surface area contributed by atoms with Crippen molar-refractivity contribution in [3.63, 3.8) is 0 Å². The number of piperidine rings is 3. The first-order valence-corrected chi connectivity index (χ1v) is 7.48. The van der Waals surface area contributed by atoms with E-state index in [-0.39, 0.29) is 5.54 Å². The second-order valence-corrected chi connectivity index (χ2v) is 6.51. The molecule has 4 heterocycles. The molecule has 0 aromatic heterocycles. The number of nitrogens with zero attached hydrogens (tertiary/aromatic N) is 3. The summed E-state index contributed by atoms with van der Waals surface area (Å²) < 4.78 is 0. The minimum absolute atomic E-state index is 0.0937. The van der Waals surface area contributed by atoms with Gasteiger partial charge < -0.3 is 14.9 Å². The maximum absolute atomic E-state index is 11.4. The molecule has 0 amide bonds. The van der Waals surface area contributed by atoms with E-state index < -0.39 is 5.97 Å². The van der Waals surface area contributed by atoms with E-state index in [4.69, 9.17) is 0 Å². The average Bonchev–Trinajstić information content (AvgIpc) is 2.40. The molecule has 0 aromatic carbocycles. The summed E-state index contributed by atoms with van der Waals surface area (Å²) in [6.45, 7) is 7.47. The summed E-state index contributed by atoms with van der Waals surface area (Å²) in [7, 11) is 2.15. The molecule has 4 aliphatic heterocycles. The number of piperazine rings is 1. The van der Waals surface area contributed by atoms with Gasteiger partial charge in [-0.05, 0) is 38.9 Å². The van der Waals surface area contributed by atoms with Gasteiger partial charge in [0.25, 0.3) is 0 Å². The molecule has 2 bridgehead atoms. The van der Waals surface area contributed by atoms with Gasteiger partial charge in [0.1, 0.15) is 0 Å². The van der Waals surface area contributed by atoms with Crippen LogP contribution in [-0.4, -0.2) is 84.2 Å². The van der Waals surface area contributed by atoms with Gasteiger partial charge in [-0.3, -0.25) is 9.69 Å². The second kappa shape index (κ2) is 5.04. The number of rotatable bonds is 3. The summed E-state index contributed by atoms with van der Waals surface area (Å²) in [6, 6.07) is 0. The number of carbonyl (C=O) groups is 1. The number of hydrogen-bond acceptors (Lipinski definition) is 4. The van der Waals surface area contributed by atoms with Crippen LogP contribution in [0.3, 0.4) is 0 Å². The summed E-state index contributed by atoms with van der Waals surface area (Å²) in [6.07, 6.45) is 2.68. The molecule has 0 aliphatic carbocycles. The van der Waals surface area contributed by atoms with Gasteiger partial charge in [-0.1, -0.05) is 0 Å². The molecule has 0 spiro atoms. The Kier molecular flexibility index (Phi) is 3.53. The SMILES string of the molecule is CN1CCN(C2(CC(=O)O)CN3CCC2CC3)CC1. The predicted octanol–water partition coefficient (Wildman–Crippen LogP) is 0.173. The molecule has 4 fully saturated rings. The molecule has 4 aliphatic rings. The lowest BCUT2D eigenvalue weighted by Gasteiger charge is -2.58.